The van der Waals surface area contributed by atoms with Crippen LogP contribution in [0.1, 0.15) is 24.8 Å². The maximum atomic E-state index is 9.77. The van der Waals surface area contributed by atoms with Crippen molar-refractivity contribution in [1.82, 2.24) is 5.32 Å². The molecule has 1 aromatic rings. The number of carboxylic acids is 2. The first-order valence-corrected chi connectivity index (χ1v) is 8.92. The van der Waals surface area contributed by atoms with Gasteiger partial charge in [0.25, 0.3) is 0 Å². The number of nitrogens with one attached hydrogen (secondary N) is 1. The Hall–Kier alpha value is -1.38. The highest BCUT2D eigenvalue weighted by atomic mass is 35.5. The summed E-state index contributed by atoms with van der Waals surface area (Å²) in [7, 11) is 0. The van der Waals surface area contributed by atoms with Crippen LogP contribution in [0, 0.1) is 5.92 Å². The predicted molar refractivity (Wildman–Crippen MR) is 95.6 cm³/mol. The predicted octanol–water partition coefficient (Wildman–Crippen LogP) is 1.51. The second-order valence-electron chi connectivity index (χ2n) is 6.57. The first kappa shape index (κ1) is 20.9. The Labute approximate surface area is 160 Å². The van der Waals surface area contributed by atoms with Crippen molar-refractivity contribution in [2.45, 2.75) is 36.9 Å². The van der Waals surface area contributed by atoms with Crippen LogP contribution in [0.4, 0.5) is 0 Å². The molecule has 1 aliphatic heterocycles. The van der Waals surface area contributed by atoms with Crippen LogP contribution in [0.3, 0.4) is 0 Å². The van der Waals surface area contributed by atoms with Gasteiger partial charge in [-0.3, -0.25) is 0 Å². The van der Waals surface area contributed by atoms with E-state index in [0.717, 1.165) is 19.0 Å². The number of aliphatic carboxylic acids is 2. The zero-order chi connectivity index (χ0) is 19.5. The number of halogens is 2. The molecular formula is C17H21Cl2NO6. The molecule has 1 aliphatic carbocycles. The summed E-state index contributed by atoms with van der Waals surface area (Å²) >= 11 is 12.1. The third kappa shape index (κ3) is 4.29. The SMILES string of the molecule is Clc1ccc(C23CCCC2CNC3)cc1Cl.O=C(O)C(O)C(O)C(=O)O. The van der Waals surface area contributed by atoms with E-state index >= 15 is 0 Å². The molecule has 2 fully saturated rings. The molecule has 0 spiro atoms. The summed E-state index contributed by atoms with van der Waals surface area (Å²) in [6, 6.07) is 6.15. The van der Waals surface area contributed by atoms with Crippen LogP contribution < -0.4 is 5.32 Å². The lowest BCUT2D eigenvalue weighted by Gasteiger charge is -2.29. The summed E-state index contributed by atoms with van der Waals surface area (Å²) < 4.78 is 0. The van der Waals surface area contributed by atoms with Crippen molar-refractivity contribution in [2.75, 3.05) is 13.1 Å². The van der Waals surface area contributed by atoms with Gasteiger partial charge in [-0.1, -0.05) is 35.7 Å². The lowest BCUT2D eigenvalue weighted by molar-refractivity contribution is -0.165. The van der Waals surface area contributed by atoms with Crippen LogP contribution in [0.2, 0.25) is 10.0 Å². The van der Waals surface area contributed by atoms with E-state index in [2.05, 4.69) is 17.4 Å². The van der Waals surface area contributed by atoms with Gasteiger partial charge in [0.05, 0.1) is 10.0 Å². The van der Waals surface area contributed by atoms with E-state index in [1.165, 1.54) is 24.8 Å². The summed E-state index contributed by atoms with van der Waals surface area (Å²) in [5.41, 5.74) is 1.70. The first-order valence-electron chi connectivity index (χ1n) is 8.17. The van der Waals surface area contributed by atoms with E-state index < -0.39 is 24.1 Å². The number of hydrogen-bond acceptors (Lipinski definition) is 5. The Morgan fingerprint density at radius 3 is 2.27 bits per heavy atom. The lowest BCUT2D eigenvalue weighted by Crippen LogP contribution is -2.39. The Kier molecular flexibility index (Phi) is 6.87. The van der Waals surface area contributed by atoms with Crippen LogP contribution in [-0.2, 0) is 15.0 Å². The maximum absolute atomic E-state index is 9.77. The molecule has 4 unspecified atom stereocenters. The molecule has 144 valence electrons. The second-order valence-corrected chi connectivity index (χ2v) is 7.39. The minimum absolute atomic E-state index is 0.328. The van der Waals surface area contributed by atoms with Gasteiger partial charge in [-0.15, -0.1) is 0 Å². The molecule has 1 aromatic carbocycles. The van der Waals surface area contributed by atoms with Crippen LogP contribution in [0.5, 0.6) is 0 Å². The van der Waals surface area contributed by atoms with Crippen LogP contribution in [-0.4, -0.2) is 57.7 Å². The van der Waals surface area contributed by atoms with E-state index in [9.17, 15) is 9.59 Å². The number of carbonyl (C=O) groups is 2. The number of aliphatic hydroxyl groups excluding tert-OH is 2. The van der Waals surface area contributed by atoms with E-state index in [-0.39, 0.29) is 0 Å². The molecule has 5 N–H and O–H groups in total. The summed E-state index contributed by atoms with van der Waals surface area (Å²) in [5.74, 6) is -2.76. The monoisotopic (exact) mass is 405 g/mol. The van der Waals surface area contributed by atoms with E-state index in [0.29, 0.717) is 15.5 Å². The van der Waals surface area contributed by atoms with Crippen LogP contribution in [0.15, 0.2) is 18.2 Å². The van der Waals surface area contributed by atoms with Crippen molar-refractivity contribution < 1.29 is 30.0 Å². The zero-order valence-electron chi connectivity index (χ0n) is 13.9. The summed E-state index contributed by atoms with van der Waals surface area (Å²) in [5, 5.41) is 37.4. The van der Waals surface area contributed by atoms with Crippen molar-refractivity contribution in [3.63, 3.8) is 0 Å². The summed E-state index contributed by atoms with van der Waals surface area (Å²) in [6.07, 6.45) is -0.572. The van der Waals surface area contributed by atoms with Gasteiger partial charge in [-0.05, 0) is 43.0 Å². The van der Waals surface area contributed by atoms with Gasteiger partial charge in [0.15, 0.2) is 12.2 Å². The second kappa shape index (κ2) is 8.54. The highest BCUT2D eigenvalue weighted by Crippen LogP contribution is 2.48. The van der Waals surface area contributed by atoms with Crippen LogP contribution >= 0.6 is 23.2 Å². The van der Waals surface area contributed by atoms with Gasteiger partial charge in [-0.2, -0.15) is 0 Å². The van der Waals surface area contributed by atoms with E-state index in [1.807, 2.05) is 6.07 Å². The van der Waals surface area contributed by atoms with Crippen molar-refractivity contribution in [1.29, 1.82) is 0 Å². The molecule has 0 bridgehead atoms. The third-order valence-electron chi connectivity index (χ3n) is 5.09. The molecule has 1 heterocycles. The van der Waals surface area contributed by atoms with Gasteiger partial charge >= 0.3 is 11.9 Å². The normalized spacial score (nSPS) is 26.4. The quantitative estimate of drug-likeness (QED) is 0.513. The minimum atomic E-state index is -2.27. The molecule has 1 saturated carbocycles. The number of aliphatic hydroxyl groups is 2. The molecule has 1 saturated heterocycles. The smallest absolute Gasteiger partial charge is 0.335 e. The van der Waals surface area contributed by atoms with Gasteiger partial charge < -0.3 is 25.7 Å². The summed E-state index contributed by atoms with van der Waals surface area (Å²) in [4.78, 5) is 19.5. The van der Waals surface area contributed by atoms with Crippen molar-refractivity contribution in [3.05, 3.63) is 33.8 Å². The molecule has 0 amide bonds. The fraction of sp³-hybridized carbons (Fsp3) is 0.529. The van der Waals surface area contributed by atoms with Gasteiger partial charge in [0.2, 0.25) is 0 Å². The fourth-order valence-corrected chi connectivity index (χ4v) is 4.00. The number of benzene rings is 1. The van der Waals surface area contributed by atoms with Crippen molar-refractivity contribution >= 4 is 35.1 Å². The molecule has 0 aromatic heterocycles. The third-order valence-corrected chi connectivity index (χ3v) is 5.83. The van der Waals surface area contributed by atoms with Crippen molar-refractivity contribution in [3.8, 4) is 0 Å². The van der Waals surface area contributed by atoms with Crippen LogP contribution in [0.25, 0.3) is 0 Å². The largest absolute Gasteiger partial charge is 0.479 e. The lowest BCUT2D eigenvalue weighted by atomic mass is 9.75. The zero-order valence-corrected chi connectivity index (χ0v) is 15.4. The standard InChI is InChI=1S/C13H15Cl2N.C4H6O6/c14-11-4-3-9(6-12(11)15)13-5-1-2-10(13)7-16-8-13;5-1(3(7)8)2(6)4(9)10/h3-4,6,10,16H,1-2,5,7-8H2;1-2,5-6H,(H,7,8)(H,9,10). The first-order chi connectivity index (χ1) is 12.2. The van der Waals surface area contributed by atoms with Gasteiger partial charge in [-0.25, -0.2) is 9.59 Å². The topological polar surface area (TPSA) is 127 Å². The minimum Gasteiger partial charge on any atom is -0.479 e. The average Bonchev–Trinajstić information content (AvgIpc) is 3.17. The molecule has 0 radical (unpaired) electrons. The Bertz CT molecular complexity index is 655. The number of fused-ring (bicyclic) bond motifs is 1. The molecule has 3 rings (SSSR count). The molecule has 7 nitrogen and oxygen atoms in total. The molecule has 26 heavy (non-hydrogen) atoms. The number of hydrogen-bond donors (Lipinski definition) is 5. The van der Waals surface area contributed by atoms with E-state index in [4.69, 9.17) is 43.6 Å². The number of rotatable bonds is 4. The Morgan fingerprint density at radius 1 is 1.12 bits per heavy atom. The molecule has 4 atom stereocenters. The maximum Gasteiger partial charge on any atom is 0.335 e. The highest BCUT2D eigenvalue weighted by molar-refractivity contribution is 6.42. The molecule has 2 aliphatic rings. The molecular weight excluding hydrogens is 385 g/mol. The Balaban J connectivity index is 0.000000213. The average molecular weight is 406 g/mol. The van der Waals surface area contributed by atoms with Crippen molar-refractivity contribution in [2.24, 2.45) is 5.92 Å². The fourth-order valence-electron chi connectivity index (χ4n) is 3.70. The van der Waals surface area contributed by atoms with Gasteiger partial charge in [0.1, 0.15) is 0 Å². The summed E-state index contributed by atoms with van der Waals surface area (Å²) in [6.45, 7) is 2.25. The Morgan fingerprint density at radius 2 is 1.73 bits per heavy atom. The van der Waals surface area contributed by atoms with Gasteiger partial charge in [0, 0.05) is 12.0 Å². The highest BCUT2D eigenvalue weighted by Gasteiger charge is 2.47. The number of carboxylic acid groups (broad SMARTS) is 2. The molecule has 9 heteroatoms. The van der Waals surface area contributed by atoms with E-state index in [1.54, 1.807) is 0 Å².